The van der Waals surface area contributed by atoms with Crippen molar-refractivity contribution in [2.45, 2.75) is 57.9 Å². The fraction of sp³-hybridized carbons (Fsp3) is 0.412. The molecule has 1 unspecified atom stereocenters. The smallest absolute Gasteiger partial charge is 0.259 e. The lowest BCUT2D eigenvalue weighted by Gasteiger charge is -2.27. The first-order valence-electron chi connectivity index (χ1n) is 15.7. The largest absolute Gasteiger partial charge is 0.370 e. The minimum absolute atomic E-state index is 0.0262. The highest BCUT2D eigenvalue weighted by Crippen LogP contribution is 2.32. The average molecular weight is 598 g/mol. The standard InChI is InChI=1S/C34H40FN7O2/c1-21-20-42(16-6-9-27(21)36-2)24-11-13-31(38-19-24)41-30-18-29(40-28-14-15-37-34(44)32(28)30)25-12-10-23(17-26(25)35)39-33(43)22-7-4-3-5-8-22/h10-15,17-19,21-22,27,36H,3-9,16,20H2,1-2H3,(H,37,44)(H,39,43)(H,38,40,41)/t21?,27-/m1/s1. The second-order valence-corrected chi connectivity index (χ2v) is 12.1. The van der Waals surface area contributed by atoms with Crippen molar-refractivity contribution < 1.29 is 9.18 Å². The van der Waals surface area contributed by atoms with Crippen LogP contribution in [-0.2, 0) is 4.79 Å². The highest BCUT2D eigenvalue weighted by molar-refractivity contribution is 5.95. The third-order valence-electron chi connectivity index (χ3n) is 9.10. The van der Waals surface area contributed by atoms with Gasteiger partial charge in [0.15, 0.2) is 0 Å². The van der Waals surface area contributed by atoms with Crippen LogP contribution in [0.3, 0.4) is 0 Å². The number of rotatable bonds is 7. The first kappa shape index (κ1) is 29.7. The van der Waals surface area contributed by atoms with Gasteiger partial charge in [0.25, 0.3) is 5.56 Å². The van der Waals surface area contributed by atoms with E-state index in [4.69, 9.17) is 0 Å². The predicted octanol–water partition coefficient (Wildman–Crippen LogP) is 6.21. The third kappa shape index (κ3) is 6.45. The summed E-state index contributed by atoms with van der Waals surface area (Å²) < 4.78 is 15.5. The van der Waals surface area contributed by atoms with E-state index in [-0.39, 0.29) is 22.9 Å². The number of amides is 1. The Labute approximate surface area is 256 Å². The van der Waals surface area contributed by atoms with Crippen LogP contribution in [0.1, 0.15) is 51.9 Å². The van der Waals surface area contributed by atoms with E-state index in [0.717, 1.165) is 63.7 Å². The quantitative estimate of drug-likeness (QED) is 0.200. The van der Waals surface area contributed by atoms with Crippen LogP contribution in [0.25, 0.3) is 22.2 Å². The number of halogens is 1. The van der Waals surface area contributed by atoms with E-state index in [1.165, 1.54) is 12.3 Å². The van der Waals surface area contributed by atoms with Crippen molar-refractivity contribution in [3.63, 3.8) is 0 Å². The molecule has 230 valence electrons. The van der Waals surface area contributed by atoms with Crippen LogP contribution in [0.15, 0.2) is 59.7 Å². The van der Waals surface area contributed by atoms with Gasteiger partial charge in [-0.05, 0) is 81.1 Å². The Morgan fingerprint density at radius 3 is 2.64 bits per heavy atom. The number of anilines is 4. The Morgan fingerprint density at radius 2 is 1.89 bits per heavy atom. The molecular weight excluding hydrogens is 557 g/mol. The number of hydrogen-bond acceptors (Lipinski definition) is 7. The fourth-order valence-electron chi connectivity index (χ4n) is 6.64. The van der Waals surface area contributed by atoms with Crippen LogP contribution in [0.5, 0.6) is 0 Å². The van der Waals surface area contributed by atoms with Gasteiger partial charge in [0, 0.05) is 42.5 Å². The van der Waals surface area contributed by atoms with E-state index in [0.29, 0.717) is 45.7 Å². The summed E-state index contributed by atoms with van der Waals surface area (Å²) in [6.07, 6.45) is 10.6. The fourth-order valence-corrected chi connectivity index (χ4v) is 6.64. The van der Waals surface area contributed by atoms with Gasteiger partial charge >= 0.3 is 0 Å². The number of benzene rings is 1. The highest BCUT2D eigenvalue weighted by atomic mass is 19.1. The molecular formula is C34H40FN7O2. The van der Waals surface area contributed by atoms with Crippen LogP contribution >= 0.6 is 0 Å². The molecule has 1 saturated heterocycles. The number of pyridine rings is 3. The molecule has 10 heteroatoms. The van der Waals surface area contributed by atoms with E-state index < -0.39 is 5.82 Å². The normalized spacial score (nSPS) is 19.5. The first-order chi connectivity index (χ1) is 21.4. The summed E-state index contributed by atoms with van der Waals surface area (Å²) in [6.45, 7) is 4.19. The van der Waals surface area contributed by atoms with Gasteiger partial charge in [0.05, 0.1) is 34.2 Å². The van der Waals surface area contributed by atoms with Crippen molar-refractivity contribution in [3.05, 3.63) is 71.0 Å². The number of nitrogens with one attached hydrogen (secondary N) is 4. The number of aromatic nitrogens is 3. The molecule has 2 atom stereocenters. The Hall–Kier alpha value is -4.31. The maximum atomic E-state index is 15.5. The van der Waals surface area contributed by atoms with Crippen molar-refractivity contribution in [3.8, 4) is 11.3 Å². The molecule has 3 aromatic heterocycles. The molecule has 2 fully saturated rings. The lowest BCUT2D eigenvalue weighted by molar-refractivity contribution is -0.120. The van der Waals surface area contributed by atoms with Gasteiger partial charge in [-0.1, -0.05) is 26.2 Å². The summed E-state index contributed by atoms with van der Waals surface area (Å²) >= 11 is 0. The molecule has 1 aromatic carbocycles. The Balaban J connectivity index is 1.25. The van der Waals surface area contributed by atoms with Crippen LogP contribution in [0.4, 0.5) is 27.3 Å². The summed E-state index contributed by atoms with van der Waals surface area (Å²) in [5.74, 6) is 0.478. The first-order valence-corrected chi connectivity index (χ1v) is 15.7. The molecule has 4 heterocycles. The number of hydrogen-bond donors (Lipinski definition) is 4. The second-order valence-electron chi connectivity index (χ2n) is 12.1. The zero-order valence-electron chi connectivity index (χ0n) is 25.3. The van der Waals surface area contributed by atoms with Gasteiger partial charge in [0.1, 0.15) is 11.6 Å². The Kier molecular flexibility index (Phi) is 8.88. The van der Waals surface area contributed by atoms with Gasteiger partial charge in [0.2, 0.25) is 5.91 Å². The molecule has 0 radical (unpaired) electrons. The lowest BCUT2D eigenvalue weighted by Crippen LogP contribution is -2.36. The molecule has 6 rings (SSSR count). The van der Waals surface area contributed by atoms with Crippen molar-refractivity contribution in [1.82, 2.24) is 20.3 Å². The van der Waals surface area contributed by atoms with E-state index in [2.05, 4.69) is 42.7 Å². The Morgan fingerprint density at radius 1 is 1.05 bits per heavy atom. The SMILES string of the molecule is CN[C@@H]1CCCN(c2ccc(Nc3cc(-c4ccc(NC(=O)C5CCCCC5)cc4F)nc4cc[nH]c(=O)c34)nc2)CC1C. The average Bonchev–Trinajstić information content (AvgIpc) is 3.22. The van der Waals surface area contributed by atoms with Crippen LogP contribution in [0, 0.1) is 17.7 Å². The molecule has 44 heavy (non-hydrogen) atoms. The zero-order valence-corrected chi connectivity index (χ0v) is 25.3. The van der Waals surface area contributed by atoms with Crippen LogP contribution in [-0.4, -0.2) is 47.0 Å². The van der Waals surface area contributed by atoms with E-state index >= 15 is 4.39 Å². The van der Waals surface area contributed by atoms with Crippen molar-refractivity contribution in [2.24, 2.45) is 11.8 Å². The lowest BCUT2D eigenvalue weighted by atomic mass is 9.88. The molecule has 1 amide bonds. The minimum Gasteiger partial charge on any atom is -0.370 e. The molecule has 0 bridgehead atoms. The van der Waals surface area contributed by atoms with Crippen molar-refractivity contribution in [2.75, 3.05) is 35.7 Å². The number of H-pyrrole nitrogens is 1. The summed E-state index contributed by atoms with van der Waals surface area (Å²) in [5.41, 5.74) is 2.70. The molecule has 4 aromatic rings. The van der Waals surface area contributed by atoms with Crippen molar-refractivity contribution >= 4 is 39.7 Å². The minimum atomic E-state index is -0.510. The van der Waals surface area contributed by atoms with Gasteiger partial charge in [-0.3, -0.25) is 9.59 Å². The highest BCUT2D eigenvalue weighted by Gasteiger charge is 2.24. The van der Waals surface area contributed by atoms with Gasteiger partial charge in [-0.2, -0.15) is 0 Å². The topological polar surface area (TPSA) is 115 Å². The maximum Gasteiger partial charge on any atom is 0.259 e. The van der Waals surface area contributed by atoms with Gasteiger partial charge in [-0.15, -0.1) is 0 Å². The summed E-state index contributed by atoms with van der Waals surface area (Å²) in [7, 11) is 2.03. The number of carbonyl (C=O) groups excluding carboxylic acids is 1. The number of fused-ring (bicyclic) bond motifs is 1. The summed E-state index contributed by atoms with van der Waals surface area (Å²) in [4.78, 5) is 39.9. The van der Waals surface area contributed by atoms with Crippen molar-refractivity contribution in [1.29, 1.82) is 0 Å². The van der Waals surface area contributed by atoms with E-state index in [1.807, 2.05) is 25.4 Å². The third-order valence-corrected chi connectivity index (χ3v) is 9.10. The molecule has 4 N–H and O–H groups in total. The number of aromatic amines is 1. The Bertz CT molecular complexity index is 1680. The zero-order chi connectivity index (χ0) is 30.6. The van der Waals surface area contributed by atoms with Crippen LogP contribution in [0.2, 0.25) is 0 Å². The molecule has 2 aliphatic rings. The maximum absolute atomic E-state index is 15.5. The summed E-state index contributed by atoms with van der Waals surface area (Å²) in [5, 5.41) is 9.96. The molecule has 9 nitrogen and oxygen atoms in total. The molecule has 0 spiro atoms. The molecule has 1 saturated carbocycles. The van der Waals surface area contributed by atoms with E-state index in [1.54, 1.807) is 24.3 Å². The molecule has 1 aliphatic carbocycles. The van der Waals surface area contributed by atoms with Gasteiger partial charge < -0.3 is 25.8 Å². The van der Waals surface area contributed by atoms with E-state index in [9.17, 15) is 9.59 Å². The van der Waals surface area contributed by atoms with Gasteiger partial charge in [-0.25, -0.2) is 14.4 Å². The number of carbonyl (C=O) groups is 1. The second kappa shape index (κ2) is 13.1. The monoisotopic (exact) mass is 597 g/mol. The number of nitrogens with zero attached hydrogens (tertiary/aromatic N) is 3. The predicted molar refractivity (Wildman–Crippen MR) is 174 cm³/mol. The summed E-state index contributed by atoms with van der Waals surface area (Å²) in [6, 6.07) is 12.4. The molecule has 1 aliphatic heterocycles. The van der Waals surface area contributed by atoms with Crippen LogP contribution < -0.4 is 26.4 Å².